The summed E-state index contributed by atoms with van der Waals surface area (Å²) in [5, 5.41) is 6.84. The van der Waals surface area contributed by atoms with E-state index in [1.54, 1.807) is 31.2 Å². The highest BCUT2D eigenvalue weighted by Crippen LogP contribution is 2.50. The lowest BCUT2D eigenvalue weighted by atomic mass is 9.69. The minimum absolute atomic E-state index is 0.0487. The number of Topliss-reactive ketones (excluding diaryl/α,β-unsaturated/α-hetero) is 1. The van der Waals surface area contributed by atoms with Crippen molar-refractivity contribution in [1.82, 2.24) is 10.6 Å². The molecular weight excluding hydrogens is 574 g/mol. The van der Waals surface area contributed by atoms with Gasteiger partial charge in [-0.2, -0.15) is 0 Å². The summed E-state index contributed by atoms with van der Waals surface area (Å²) >= 11 is 1.22. The lowest BCUT2D eigenvalue weighted by Gasteiger charge is -2.37. The van der Waals surface area contributed by atoms with E-state index in [0.29, 0.717) is 55.3 Å². The fraction of sp³-hybridized carbons (Fsp3) is 0.324. The van der Waals surface area contributed by atoms with E-state index in [4.69, 9.17) is 21.9 Å². The third kappa shape index (κ3) is 5.02. The summed E-state index contributed by atoms with van der Waals surface area (Å²) in [4.78, 5) is 40.6. The largest absolute Gasteiger partial charge is 0.457 e. The molecule has 2 amide bonds. The van der Waals surface area contributed by atoms with E-state index >= 15 is 0 Å². The van der Waals surface area contributed by atoms with Gasteiger partial charge >= 0.3 is 0 Å². The van der Waals surface area contributed by atoms with E-state index in [9.17, 15) is 14.4 Å². The number of rotatable bonds is 7. The number of hydrogen-bond acceptors (Lipinski definition) is 8. The van der Waals surface area contributed by atoms with Gasteiger partial charge in [-0.05, 0) is 66.8 Å². The van der Waals surface area contributed by atoms with E-state index in [2.05, 4.69) is 10.6 Å². The summed E-state index contributed by atoms with van der Waals surface area (Å²) in [6.07, 6.45) is 3.83. The molecule has 1 fully saturated rings. The maximum absolute atomic E-state index is 14.2. The Morgan fingerprint density at radius 1 is 0.977 bits per heavy atom. The minimum Gasteiger partial charge on any atom is -0.457 e. The van der Waals surface area contributed by atoms with Crippen LogP contribution in [0.5, 0.6) is 11.5 Å². The summed E-state index contributed by atoms with van der Waals surface area (Å²) in [5.41, 5.74) is 21.5. The molecule has 0 aliphatic heterocycles. The molecule has 6 rings (SSSR count). The molecule has 0 radical (unpaired) electrons. The van der Waals surface area contributed by atoms with E-state index < -0.39 is 17.4 Å². The van der Waals surface area contributed by atoms with Gasteiger partial charge in [0, 0.05) is 35.1 Å². The topological polar surface area (TPSA) is 163 Å². The summed E-state index contributed by atoms with van der Waals surface area (Å²) in [5.74, 6) is 0.517. The van der Waals surface area contributed by atoms with Gasteiger partial charge in [-0.1, -0.05) is 50.1 Å². The number of carbonyl (C=O) groups is 3. The molecule has 2 aliphatic carbocycles. The first-order chi connectivity index (χ1) is 21.1. The molecule has 1 heterocycles. The molecule has 3 aromatic carbocycles. The van der Waals surface area contributed by atoms with Crippen LogP contribution in [0.3, 0.4) is 0 Å². The maximum atomic E-state index is 14.2. The van der Waals surface area contributed by atoms with Crippen molar-refractivity contribution in [3.8, 4) is 11.5 Å². The van der Waals surface area contributed by atoms with Crippen LogP contribution >= 0.6 is 11.3 Å². The van der Waals surface area contributed by atoms with E-state index in [0.717, 1.165) is 31.2 Å². The highest BCUT2D eigenvalue weighted by molar-refractivity contribution is 7.21. The number of nitrogens with two attached hydrogens (primary N) is 3. The average molecular weight is 612 g/mol. The molecule has 2 aliphatic rings. The van der Waals surface area contributed by atoms with Gasteiger partial charge in [-0.15, -0.1) is 11.3 Å². The molecule has 1 aromatic heterocycles. The molecular formula is C34H37N5O4S. The first-order valence-electron chi connectivity index (χ1n) is 15.0. The van der Waals surface area contributed by atoms with Crippen LogP contribution in [0.2, 0.25) is 0 Å². The molecule has 8 N–H and O–H groups in total. The van der Waals surface area contributed by atoms with Gasteiger partial charge in [0.25, 0.3) is 5.91 Å². The van der Waals surface area contributed by atoms with Gasteiger partial charge in [0.1, 0.15) is 17.0 Å². The quantitative estimate of drug-likeness (QED) is 0.185. The van der Waals surface area contributed by atoms with Crippen LogP contribution in [0.25, 0.3) is 10.1 Å². The third-order valence-electron chi connectivity index (χ3n) is 8.87. The molecule has 0 saturated heterocycles. The number of ether oxygens (including phenoxy) is 1. The summed E-state index contributed by atoms with van der Waals surface area (Å²) in [6.45, 7) is 3.69. The number of benzene rings is 3. The molecule has 44 heavy (non-hydrogen) atoms. The van der Waals surface area contributed by atoms with Crippen LogP contribution in [-0.4, -0.2) is 29.7 Å². The number of aryl methyl sites for hydroxylation is 1. The van der Waals surface area contributed by atoms with E-state index in [-0.39, 0.29) is 23.9 Å². The predicted octanol–water partition coefficient (Wildman–Crippen LogP) is 4.94. The number of amides is 2. The van der Waals surface area contributed by atoms with Gasteiger partial charge < -0.3 is 32.6 Å². The van der Waals surface area contributed by atoms with Crippen LogP contribution in [0.4, 0.5) is 5.69 Å². The Morgan fingerprint density at radius 3 is 2.34 bits per heavy atom. The second-order valence-corrected chi connectivity index (χ2v) is 12.7. The zero-order valence-corrected chi connectivity index (χ0v) is 25.6. The number of nitrogens with one attached hydrogen (secondary N) is 2. The van der Waals surface area contributed by atoms with Crippen LogP contribution in [-0.2, 0) is 15.1 Å². The zero-order chi connectivity index (χ0) is 31.2. The van der Waals surface area contributed by atoms with Crippen molar-refractivity contribution in [3.63, 3.8) is 0 Å². The number of carbonyl (C=O) groups excluding carboxylic acids is 3. The van der Waals surface area contributed by atoms with Gasteiger partial charge in [-0.25, -0.2) is 0 Å². The molecule has 1 saturated carbocycles. The Labute approximate surface area is 260 Å². The fourth-order valence-corrected chi connectivity index (χ4v) is 7.82. The fourth-order valence-electron chi connectivity index (χ4n) is 6.61. The standard InChI is InChI=1S/C34H37N5O4S/c1-3-26(40)38-24-11-7-8-12-25(24)39-33(42)31-28-27-22(15-16-23(35)30(27)44-31)34(37,32(41)29(28)36)21-14-13-20(17-18(21)2)43-19-9-5-4-6-10-19/h4-6,9-10,13-17,24-25,29H,3,7-8,11-12,35-37H2,1-2H3,(H,38,40)(H,39,42)/t24-,25+,29?,34?/m0/s1. The maximum Gasteiger partial charge on any atom is 0.262 e. The van der Waals surface area contributed by atoms with Crippen molar-refractivity contribution >= 4 is 44.7 Å². The summed E-state index contributed by atoms with van der Waals surface area (Å²) in [6, 6.07) is 16.8. The second kappa shape index (κ2) is 11.7. The zero-order valence-electron chi connectivity index (χ0n) is 24.8. The smallest absolute Gasteiger partial charge is 0.262 e. The van der Waals surface area contributed by atoms with Gasteiger partial charge in [0.15, 0.2) is 5.78 Å². The van der Waals surface area contributed by atoms with Crippen molar-refractivity contribution in [1.29, 1.82) is 0 Å². The average Bonchev–Trinajstić information content (AvgIpc) is 3.43. The first kappa shape index (κ1) is 29.8. The van der Waals surface area contributed by atoms with Crippen molar-refractivity contribution < 1.29 is 19.1 Å². The number of para-hydroxylation sites is 1. The van der Waals surface area contributed by atoms with Gasteiger partial charge in [0.05, 0.1) is 15.6 Å². The Kier molecular flexibility index (Phi) is 7.91. The summed E-state index contributed by atoms with van der Waals surface area (Å²) in [7, 11) is 0. The Hall–Kier alpha value is -4.25. The van der Waals surface area contributed by atoms with E-state index in [1.165, 1.54) is 11.3 Å². The number of thiophene rings is 1. The predicted molar refractivity (Wildman–Crippen MR) is 173 cm³/mol. The lowest BCUT2D eigenvalue weighted by Crippen LogP contribution is -2.54. The molecule has 0 spiro atoms. The Bertz CT molecular complexity index is 1770. The second-order valence-electron chi connectivity index (χ2n) is 11.7. The number of nitrogen functional groups attached to an aromatic ring is 1. The third-order valence-corrected chi connectivity index (χ3v) is 10.1. The van der Waals surface area contributed by atoms with E-state index in [1.807, 2.05) is 43.3 Å². The number of ketones is 1. The lowest BCUT2D eigenvalue weighted by molar-refractivity contribution is -0.125. The SMILES string of the molecule is CCC(=O)N[C@H]1CCCC[C@H]1NC(=O)c1sc2c(N)ccc3c2c1C(N)C(=O)C3(N)c1ccc(Oc2ccccc2)cc1C. The monoisotopic (exact) mass is 611 g/mol. The van der Waals surface area contributed by atoms with Crippen molar-refractivity contribution in [2.24, 2.45) is 11.5 Å². The van der Waals surface area contributed by atoms with Crippen LogP contribution in [0, 0.1) is 6.92 Å². The Morgan fingerprint density at radius 2 is 1.66 bits per heavy atom. The van der Waals surface area contributed by atoms with Crippen LogP contribution < -0.4 is 32.6 Å². The molecule has 0 bridgehead atoms. The highest BCUT2D eigenvalue weighted by Gasteiger charge is 2.49. The van der Waals surface area contributed by atoms with Crippen molar-refractivity contribution in [3.05, 3.63) is 87.8 Å². The molecule has 4 aromatic rings. The normalized spacial score (nSPS) is 22.9. The Balaban J connectivity index is 1.39. The molecule has 10 heteroatoms. The van der Waals surface area contributed by atoms with Crippen molar-refractivity contribution in [2.45, 2.75) is 69.6 Å². The minimum atomic E-state index is -1.57. The molecule has 228 valence electrons. The number of anilines is 1. The first-order valence-corrected chi connectivity index (χ1v) is 15.8. The number of hydrogen-bond donors (Lipinski definition) is 5. The van der Waals surface area contributed by atoms with Crippen LogP contribution in [0.15, 0.2) is 60.7 Å². The highest BCUT2D eigenvalue weighted by atomic mass is 32.1. The molecule has 2 unspecified atom stereocenters. The van der Waals surface area contributed by atoms with Crippen molar-refractivity contribution in [2.75, 3.05) is 5.73 Å². The van der Waals surface area contributed by atoms with Gasteiger partial charge in [0.2, 0.25) is 5.91 Å². The van der Waals surface area contributed by atoms with Crippen LogP contribution in [0.1, 0.15) is 77.0 Å². The molecule has 9 nitrogen and oxygen atoms in total. The van der Waals surface area contributed by atoms with Gasteiger partial charge in [-0.3, -0.25) is 14.4 Å². The summed E-state index contributed by atoms with van der Waals surface area (Å²) < 4.78 is 6.67. The molecule has 4 atom stereocenters.